The van der Waals surface area contributed by atoms with Gasteiger partial charge in [0.15, 0.2) is 0 Å². The van der Waals surface area contributed by atoms with Crippen LogP contribution < -0.4 is 5.32 Å². The molecule has 0 aromatic rings. The summed E-state index contributed by atoms with van der Waals surface area (Å²) in [4.78, 5) is 22.4. The van der Waals surface area contributed by atoms with Crippen molar-refractivity contribution in [3.05, 3.63) is 12.7 Å². The number of esters is 1. The van der Waals surface area contributed by atoms with Gasteiger partial charge in [0.1, 0.15) is 6.61 Å². The minimum Gasteiger partial charge on any atom is -0.466 e. The molecule has 0 saturated carbocycles. The molecule has 20 heavy (non-hydrogen) atoms. The Kier molecular flexibility index (Phi) is 12.8. The fourth-order valence-corrected chi connectivity index (χ4v) is 1.59. The van der Waals surface area contributed by atoms with Crippen LogP contribution in [0.5, 0.6) is 0 Å². The van der Waals surface area contributed by atoms with Crippen molar-refractivity contribution in [3.8, 4) is 0 Å². The first-order chi connectivity index (χ1) is 9.70. The van der Waals surface area contributed by atoms with E-state index in [1.807, 2.05) is 0 Å². The fraction of sp³-hybridized carbons (Fsp3) is 0.733. The third-order valence-electron chi connectivity index (χ3n) is 2.69. The zero-order valence-corrected chi connectivity index (χ0v) is 12.5. The van der Waals surface area contributed by atoms with E-state index >= 15 is 0 Å². The molecule has 0 aromatic heterocycles. The molecule has 0 unspecified atom stereocenters. The molecule has 0 aliphatic heterocycles. The Hall–Kier alpha value is -1.52. The van der Waals surface area contributed by atoms with Crippen LogP contribution in [0.4, 0.5) is 4.79 Å². The highest BCUT2D eigenvalue weighted by Crippen LogP contribution is 2.05. The summed E-state index contributed by atoms with van der Waals surface area (Å²) in [6.07, 6.45) is 8.05. The lowest BCUT2D eigenvalue weighted by Crippen LogP contribution is -2.27. The standard InChI is InChI=1S/C15H27NO4/c1-3-5-6-7-8-9-13-19-14(17)10-11-16-15(18)20-12-4-2/h4H,2-3,5-13H2,1H3,(H,16,18). The minimum absolute atomic E-state index is 0.161. The third kappa shape index (κ3) is 12.9. The van der Waals surface area contributed by atoms with Crippen LogP contribution in [0.25, 0.3) is 0 Å². The molecule has 116 valence electrons. The van der Waals surface area contributed by atoms with Crippen LogP contribution in [0.15, 0.2) is 12.7 Å². The highest BCUT2D eigenvalue weighted by atomic mass is 16.5. The van der Waals surface area contributed by atoms with Crippen molar-refractivity contribution in [1.29, 1.82) is 0 Å². The number of carbonyl (C=O) groups is 2. The van der Waals surface area contributed by atoms with E-state index in [2.05, 4.69) is 18.8 Å². The van der Waals surface area contributed by atoms with Crippen LogP contribution in [0.2, 0.25) is 0 Å². The molecule has 0 fully saturated rings. The number of hydrogen-bond acceptors (Lipinski definition) is 4. The minimum atomic E-state index is -0.548. The molecule has 0 aromatic carbocycles. The smallest absolute Gasteiger partial charge is 0.407 e. The number of alkyl carbamates (subject to hydrolysis) is 1. The van der Waals surface area contributed by atoms with E-state index in [9.17, 15) is 9.59 Å². The molecular formula is C15H27NO4. The van der Waals surface area contributed by atoms with Crippen molar-refractivity contribution in [1.82, 2.24) is 5.32 Å². The van der Waals surface area contributed by atoms with Crippen LogP contribution >= 0.6 is 0 Å². The van der Waals surface area contributed by atoms with Gasteiger partial charge in [0.05, 0.1) is 13.0 Å². The lowest BCUT2D eigenvalue weighted by atomic mass is 10.1. The second-order valence-electron chi connectivity index (χ2n) is 4.55. The van der Waals surface area contributed by atoms with Gasteiger partial charge >= 0.3 is 12.1 Å². The van der Waals surface area contributed by atoms with Crippen LogP contribution in [0, 0.1) is 0 Å². The molecule has 0 rings (SSSR count). The molecular weight excluding hydrogens is 258 g/mol. The van der Waals surface area contributed by atoms with E-state index in [0.717, 1.165) is 12.8 Å². The van der Waals surface area contributed by atoms with Crippen molar-refractivity contribution in [2.75, 3.05) is 19.8 Å². The van der Waals surface area contributed by atoms with Gasteiger partial charge in [-0.3, -0.25) is 4.79 Å². The Morgan fingerprint density at radius 1 is 1.10 bits per heavy atom. The highest BCUT2D eigenvalue weighted by molar-refractivity contribution is 5.71. The van der Waals surface area contributed by atoms with E-state index < -0.39 is 6.09 Å². The molecule has 0 radical (unpaired) electrons. The SMILES string of the molecule is C=CCOC(=O)NCCC(=O)OCCCCCCCC. The number of nitrogens with one attached hydrogen (secondary N) is 1. The van der Waals surface area contributed by atoms with E-state index in [1.54, 1.807) is 0 Å². The Labute approximate surface area is 121 Å². The molecule has 0 saturated heterocycles. The van der Waals surface area contributed by atoms with E-state index in [0.29, 0.717) is 6.61 Å². The maximum atomic E-state index is 11.3. The van der Waals surface area contributed by atoms with E-state index in [-0.39, 0.29) is 25.5 Å². The van der Waals surface area contributed by atoms with Gasteiger partial charge < -0.3 is 14.8 Å². The molecule has 0 atom stereocenters. The molecule has 0 aliphatic carbocycles. The average molecular weight is 285 g/mol. The fourth-order valence-electron chi connectivity index (χ4n) is 1.59. The average Bonchev–Trinajstić information content (AvgIpc) is 2.44. The maximum absolute atomic E-state index is 11.3. The van der Waals surface area contributed by atoms with Gasteiger partial charge in [-0.25, -0.2) is 4.79 Å². The zero-order valence-electron chi connectivity index (χ0n) is 12.5. The quantitative estimate of drug-likeness (QED) is 0.340. The first kappa shape index (κ1) is 18.5. The number of rotatable bonds is 12. The van der Waals surface area contributed by atoms with Crippen molar-refractivity contribution in [2.24, 2.45) is 0 Å². The molecule has 1 N–H and O–H groups in total. The molecule has 5 heteroatoms. The number of unbranched alkanes of at least 4 members (excludes halogenated alkanes) is 5. The van der Waals surface area contributed by atoms with E-state index in [4.69, 9.17) is 9.47 Å². The maximum Gasteiger partial charge on any atom is 0.407 e. The zero-order chi connectivity index (χ0) is 15.1. The van der Waals surface area contributed by atoms with Crippen LogP contribution in [-0.4, -0.2) is 31.8 Å². The van der Waals surface area contributed by atoms with Crippen molar-refractivity contribution in [2.45, 2.75) is 51.9 Å². The van der Waals surface area contributed by atoms with E-state index in [1.165, 1.54) is 31.8 Å². The highest BCUT2D eigenvalue weighted by Gasteiger charge is 2.05. The third-order valence-corrected chi connectivity index (χ3v) is 2.69. The summed E-state index contributed by atoms with van der Waals surface area (Å²) >= 11 is 0. The Morgan fingerprint density at radius 2 is 1.80 bits per heavy atom. The van der Waals surface area contributed by atoms with Crippen LogP contribution in [0.1, 0.15) is 51.9 Å². The largest absolute Gasteiger partial charge is 0.466 e. The summed E-state index contributed by atoms with van der Waals surface area (Å²) in [5.41, 5.74) is 0. The molecule has 1 amide bonds. The molecule has 0 aliphatic rings. The number of carbonyl (C=O) groups excluding carboxylic acids is 2. The first-order valence-corrected chi connectivity index (χ1v) is 7.37. The predicted molar refractivity (Wildman–Crippen MR) is 78.5 cm³/mol. The Balaban J connectivity index is 3.32. The molecule has 5 nitrogen and oxygen atoms in total. The number of amides is 1. The Morgan fingerprint density at radius 3 is 2.50 bits per heavy atom. The lowest BCUT2D eigenvalue weighted by Gasteiger charge is -2.06. The normalized spacial score (nSPS) is 9.85. The van der Waals surface area contributed by atoms with Gasteiger partial charge in [0.2, 0.25) is 0 Å². The lowest BCUT2D eigenvalue weighted by molar-refractivity contribution is -0.143. The molecule has 0 spiro atoms. The Bertz CT molecular complexity index is 279. The number of hydrogen-bond donors (Lipinski definition) is 1. The van der Waals surface area contributed by atoms with Crippen molar-refractivity contribution < 1.29 is 19.1 Å². The van der Waals surface area contributed by atoms with Gasteiger partial charge in [0, 0.05) is 6.54 Å². The van der Waals surface area contributed by atoms with Gasteiger partial charge in [-0.05, 0) is 6.42 Å². The summed E-state index contributed by atoms with van der Waals surface area (Å²) in [5, 5.41) is 2.46. The van der Waals surface area contributed by atoms with Crippen molar-refractivity contribution >= 4 is 12.1 Å². The van der Waals surface area contributed by atoms with Crippen LogP contribution in [-0.2, 0) is 14.3 Å². The summed E-state index contributed by atoms with van der Waals surface area (Å²) in [6.45, 7) is 6.46. The second-order valence-corrected chi connectivity index (χ2v) is 4.55. The summed E-state index contributed by atoms with van der Waals surface area (Å²) < 4.78 is 9.76. The summed E-state index contributed by atoms with van der Waals surface area (Å²) in [5.74, 6) is -0.289. The first-order valence-electron chi connectivity index (χ1n) is 7.37. The molecule has 0 bridgehead atoms. The van der Waals surface area contributed by atoms with Gasteiger partial charge in [-0.2, -0.15) is 0 Å². The van der Waals surface area contributed by atoms with Crippen LogP contribution in [0.3, 0.4) is 0 Å². The van der Waals surface area contributed by atoms with Gasteiger partial charge in [0.25, 0.3) is 0 Å². The number of ether oxygens (including phenoxy) is 2. The van der Waals surface area contributed by atoms with Gasteiger partial charge in [-0.15, -0.1) is 0 Å². The molecule has 0 heterocycles. The summed E-state index contributed by atoms with van der Waals surface area (Å²) in [6, 6.07) is 0. The second kappa shape index (κ2) is 13.9. The predicted octanol–water partition coefficient (Wildman–Crippen LogP) is 3.19. The topological polar surface area (TPSA) is 64.6 Å². The monoisotopic (exact) mass is 285 g/mol. The summed E-state index contributed by atoms with van der Waals surface area (Å²) in [7, 11) is 0. The van der Waals surface area contributed by atoms with Gasteiger partial charge in [-0.1, -0.05) is 51.7 Å². The van der Waals surface area contributed by atoms with Crippen molar-refractivity contribution in [3.63, 3.8) is 0 Å².